The van der Waals surface area contributed by atoms with Crippen LogP contribution in [0.15, 0.2) is 47.8 Å². The highest BCUT2D eigenvalue weighted by Crippen LogP contribution is 2.38. The number of anilines is 1. The Morgan fingerprint density at radius 2 is 2.00 bits per heavy atom. The smallest absolute Gasteiger partial charge is 0.255 e. The number of amides is 1. The van der Waals surface area contributed by atoms with Crippen LogP contribution in [0.25, 0.3) is 10.6 Å². The van der Waals surface area contributed by atoms with E-state index in [-0.39, 0.29) is 5.91 Å². The summed E-state index contributed by atoms with van der Waals surface area (Å²) >= 11 is 1.59. The van der Waals surface area contributed by atoms with Gasteiger partial charge in [-0.05, 0) is 30.7 Å². The summed E-state index contributed by atoms with van der Waals surface area (Å²) in [4.78, 5) is 21.3. The van der Waals surface area contributed by atoms with E-state index in [1.807, 2.05) is 73.8 Å². The van der Waals surface area contributed by atoms with Crippen LogP contribution in [-0.2, 0) is 6.54 Å². The number of thiazole rings is 1. The van der Waals surface area contributed by atoms with Crippen molar-refractivity contribution in [3.8, 4) is 16.6 Å². The van der Waals surface area contributed by atoms with Gasteiger partial charge in [-0.2, -0.15) is 5.26 Å². The number of fused-ring (bicyclic) bond motifs is 1. The summed E-state index contributed by atoms with van der Waals surface area (Å²) in [6.45, 7) is 2.34. The van der Waals surface area contributed by atoms with Gasteiger partial charge in [-0.15, -0.1) is 11.3 Å². The lowest BCUT2D eigenvalue weighted by atomic mass is 10.0. The van der Waals surface area contributed by atoms with Crippen molar-refractivity contribution in [3.63, 3.8) is 0 Å². The quantitative estimate of drug-likeness (QED) is 0.664. The molecule has 0 N–H and O–H groups in total. The summed E-state index contributed by atoms with van der Waals surface area (Å²) in [7, 11) is 3.90. The second-order valence-electron chi connectivity index (χ2n) is 7.08. The van der Waals surface area contributed by atoms with E-state index >= 15 is 0 Å². The maximum absolute atomic E-state index is 13.1. The molecule has 3 aromatic rings. The van der Waals surface area contributed by atoms with Gasteiger partial charge in [-0.25, -0.2) is 4.98 Å². The molecular formula is C22H20N4OS. The first kappa shape index (κ1) is 18.2. The Bertz CT molecular complexity index is 1100. The standard InChI is InChI=1S/C22H20N4OS/c1-14-13-28-21(24-14)17-7-5-4-6-15(17)12-26-20(11-23)19-10-16(25(2)3)8-9-18(19)22(26)27/h4-10,13,20H,12H2,1-3H3. The molecule has 140 valence electrons. The molecule has 5 nitrogen and oxygen atoms in total. The molecule has 4 rings (SSSR count). The molecule has 2 aromatic carbocycles. The van der Waals surface area contributed by atoms with E-state index < -0.39 is 6.04 Å². The van der Waals surface area contributed by atoms with E-state index in [1.165, 1.54) is 0 Å². The molecule has 0 bridgehead atoms. The third-order valence-corrected chi connectivity index (χ3v) is 5.97. The lowest BCUT2D eigenvalue weighted by molar-refractivity contribution is 0.0745. The zero-order valence-corrected chi connectivity index (χ0v) is 16.8. The number of nitrogens with zero attached hydrogens (tertiary/aromatic N) is 4. The molecule has 0 aliphatic carbocycles. The highest BCUT2D eigenvalue weighted by atomic mass is 32.1. The second kappa shape index (κ2) is 7.10. The fraction of sp³-hybridized carbons (Fsp3) is 0.227. The van der Waals surface area contributed by atoms with Crippen LogP contribution in [0.3, 0.4) is 0 Å². The average molecular weight is 388 g/mol. The molecule has 0 radical (unpaired) electrons. The van der Waals surface area contributed by atoms with Gasteiger partial charge in [-0.3, -0.25) is 4.79 Å². The molecular weight excluding hydrogens is 368 g/mol. The number of hydrogen-bond donors (Lipinski definition) is 0. The molecule has 0 saturated carbocycles. The largest absolute Gasteiger partial charge is 0.378 e. The maximum atomic E-state index is 13.1. The summed E-state index contributed by atoms with van der Waals surface area (Å²) in [6, 6.07) is 15.4. The van der Waals surface area contributed by atoms with Crippen molar-refractivity contribution in [1.29, 1.82) is 5.26 Å². The van der Waals surface area contributed by atoms with Crippen LogP contribution in [0.2, 0.25) is 0 Å². The average Bonchev–Trinajstić information content (AvgIpc) is 3.23. The van der Waals surface area contributed by atoms with Crippen LogP contribution in [0, 0.1) is 18.3 Å². The van der Waals surface area contributed by atoms with E-state index in [0.717, 1.165) is 33.1 Å². The zero-order valence-electron chi connectivity index (χ0n) is 16.0. The van der Waals surface area contributed by atoms with Gasteiger partial charge in [0.15, 0.2) is 0 Å². The molecule has 1 aliphatic rings. The Morgan fingerprint density at radius 3 is 2.68 bits per heavy atom. The number of aromatic nitrogens is 1. The van der Waals surface area contributed by atoms with Gasteiger partial charge in [0.1, 0.15) is 11.0 Å². The predicted molar refractivity (Wildman–Crippen MR) is 111 cm³/mol. The van der Waals surface area contributed by atoms with Crippen molar-refractivity contribution < 1.29 is 4.79 Å². The SMILES string of the molecule is Cc1csc(-c2ccccc2CN2C(=O)c3ccc(N(C)C)cc3C2C#N)n1. The van der Waals surface area contributed by atoms with Gasteiger partial charge >= 0.3 is 0 Å². The van der Waals surface area contributed by atoms with Crippen LogP contribution in [-0.4, -0.2) is 29.9 Å². The fourth-order valence-corrected chi connectivity index (χ4v) is 4.38. The van der Waals surface area contributed by atoms with E-state index in [1.54, 1.807) is 16.2 Å². The van der Waals surface area contributed by atoms with Crippen molar-refractivity contribution in [1.82, 2.24) is 9.88 Å². The molecule has 0 saturated heterocycles. The maximum Gasteiger partial charge on any atom is 0.255 e. The number of nitriles is 1. The number of carbonyl (C=O) groups is 1. The van der Waals surface area contributed by atoms with Gasteiger partial charge in [0, 0.05) is 54.1 Å². The summed E-state index contributed by atoms with van der Waals surface area (Å²) in [5.41, 5.74) is 5.35. The van der Waals surface area contributed by atoms with Crippen molar-refractivity contribution >= 4 is 22.9 Å². The zero-order chi connectivity index (χ0) is 19.8. The highest BCUT2D eigenvalue weighted by molar-refractivity contribution is 7.13. The minimum absolute atomic E-state index is 0.100. The Balaban J connectivity index is 1.72. The predicted octanol–water partition coefficient (Wildman–Crippen LogP) is 4.41. The highest BCUT2D eigenvalue weighted by Gasteiger charge is 2.37. The number of rotatable bonds is 4. The van der Waals surface area contributed by atoms with Gasteiger partial charge in [0.2, 0.25) is 0 Å². The summed E-state index contributed by atoms with van der Waals surface area (Å²) in [5.74, 6) is -0.100. The van der Waals surface area contributed by atoms with Crippen LogP contribution in [0.5, 0.6) is 0 Å². The van der Waals surface area contributed by atoms with Gasteiger partial charge in [0.25, 0.3) is 5.91 Å². The monoisotopic (exact) mass is 388 g/mol. The molecule has 1 amide bonds. The van der Waals surface area contributed by atoms with Crippen molar-refractivity contribution in [2.45, 2.75) is 19.5 Å². The number of benzene rings is 2. The van der Waals surface area contributed by atoms with E-state index in [2.05, 4.69) is 11.1 Å². The first-order valence-electron chi connectivity index (χ1n) is 9.02. The third-order valence-electron chi connectivity index (χ3n) is 4.98. The normalized spacial score (nSPS) is 15.4. The lowest BCUT2D eigenvalue weighted by Crippen LogP contribution is -2.27. The van der Waals surface area contributed by atoms with E-state index in [9.17, 15) is 10.1 Å². The van der Waals surface area contributed by atoms with Crippen LogP contribution in [0.4, 0.5) is 5.69 Å². The van der Waals surface area contributed by atoms with Crippen molar-refractivity contribution in [2.75, 3.05) is 19.0 Å². The second-order valence-corrected chi connectivity index (χ2v) is 7.94. The Labute approximate surface area is 168 Å². The molecule has 1 aliphatic heterocycles. The first-order valence-corrected chi connectivity index (χ1v) is 9.90. The van der Waals surface area contributed by atoms with Crippen LogP contribution >= 0.6 is 11.3 Å². The fourth-order valence-electron chi connectivity index (χ4n) is 3.52. The van der Waals surface area contributed by atoms with Crippen LogP contribution in [0.1, 0.15) is 33.2 Å². The molecule has 1 aromatic heterocycles. The van der Waals surface area contributed by atoms with E-state index in [0.29, 0.717) is 12.1 Å². The Morgan fingerprint density at radius 1 is 1.21 bits per heavy atom. The number of hydrogen-bond acceptors (Lipinski definition) is 5. The summed E-state index contributed by atoms with van der Waals surface area (Å²) in [5, 5.41) is 12.8. The molecule has 2 heterocycles. The Kier molecular flexibility index (Phi) is 4.62. The topological polar surface area (TPSA) is 60.2 Å². The van der Waals surface area contributed by atoms with Gasteiger partial charge in [-0.1, -0.05) is 24.3 Å². The first-order chi connectivity index (χ1) is 13.5. The number of carbonyl (C=O) groups excluding carboxylic acids is 1. The number of aryl methyl sites for hydroxylation is 1. The molecule has 0 spiro atoms. The van der Waals surface area contributed by atoms with Gasteiger partial charge < -0.3 is 9.80 Å². The van der Waals surface area contributed by atoms with E-state index in [4.69, 9.17) is 0 Å². The third kappa shape index (κ3) is 3.04. The lowest BCUT2D eigenvalue weighted by Gasteiger charge is -2.21. The molecule has 1 atom stereocenters. The summed E-state index contributed by atoms with van der Waals surface area (Å²) < 4.78 is 0. The summed E-state index contributed by atoms with van der Waals surface area (Å²) in [6.07, 6.45) is 0. The molecule has 1 unspecified atom stereocenters. The minimum atomic E-state index is -0.589. The van der Waals surface area contributed by atoms with Crippen molar-refractivity contribution in [2.24, 2.45) is 0 Å². The molecule has 6 heteroatoms. The Hall–Kier alpha value is -3.17. The van der Waals surface area contributed by atoms with Crippen molar-refractivity contribution in [3.05, 3.63) is 70.2 Å². The minimum Gasteiger partial charge on any atom is -0.378 e. The molecule has 0 fully saturated rings. The molecule has 28 heavy (non-hydrogen) atoms. The van der Waals surface area contributed by atoms with Crippen LogP contribution < -0.4 is 4.90 Å². The van der Waals surface area contributed by atoms with Gasteiger partial charge in [0.05, 0.1) is 6.07 Å².